The molecule has 0 saturated carbocycles. The van der Waals surface area contributed by atoms with E-state index in [0.29, 0.717) is 55.3 Å². The molecule has 1 saturated heterocycles. The molecule has 3 amide bonds. The summed E-state index contributed by atoms with van der Waals surface area (Å²) in [7, 11) is 0. The minimum absolute atomic E-state index is 0.0880. The van der Waals surface area contributed by atoms with E-state index in [9.17, 15) is 41.0 Å². The second-order valence-electron chi connectivity index (χ2n) is 11.1. The molecule has 4 rings (SSSR count). The second kappa shape index (κ2) is 13.4. The number of amides is 3. The van der Waals surface area contributed by atoms with Crippen molar-refractivity contribution in [2.75, 3.05) is 26.4 Å². The third-order valence-corrected chi connectivity index (χ3v) is 8.04. The van der Waals surface area contributed by atoms with Gasteiger partial charge in [0.1, 0.15) is 31.1 Å². The zero-order valence-corrected chi connectivity index (χ0v) is 25.6. The first-order valence-electron chi connectivity index (χ1n) is 15.0. The summed E-state index contributed by atoms with van der Waals surface area (Å²) in [6, 6.07) is 5.82. The van der Waals surface area contributed by atoms with Crippen molar-refractivity contribution in [3.05, 3.63) is 64.7 Å². The van der Waals surface area contributed by atoms with Gasteiger partial charge in [0.05, 0.1) is 0 Å². The number of rotatable bonds is 12. The van der Waals surface area contributed by atoms with Gasteiger partial charge in [-0.15, -0.1) is 0 Å². The highest BCUT2D eigenvalue weighted by molar-refractivity contribution is 6.07. The number of hydrogen-bond acceptors (Lipinski definition) is 6. The topological polar surface area (TPSA) is 97.3 Å². The van der Waals surface area contributed by atoms with E-state index in [1.165, 1.54) is 12.2 Å². The van der Waals surface area contributed by atoms with E-state index in [1.807, 2.05) is 0 Å². The fourth-order valence-corrected chi connectivity index (χ4v) is 5.67. The number of carbonyl (C=O) groups excluding carboxylic acids is 2. The van der Waals surface area contributed by atoms with Gasteiger partial charge in [-0.05, 0) is 66.3 Å². The lowest BCUT2D eigenvalue weighted by molar-refractivity contribution is -0.376. The first kappa shape index (κ1) is 34.9. The molecule has 0 radical (unpaired) electrons. The number of alkyl halides is 6. The van der Waals surface area contributed by atoms with Crippen molar-refractivity contribution >= 4 is 11.9 Å². The van der Waals surface area contributed by atoms with Crippen LogP contribution in [-0.2, 0) is 28.8 Å². The van der Waals surface area contributed by atoms with E-state index >= 15 is 0 Å². The van der Waals surface area contributed by atoms with Gasteiger partial charge in [0.15, 0.2) is 11.5 Å². The SMILES string of the molecule is CCCc1cc(C(O)(C(F)(F)F)C(F)(F)F)cc(CCC)c1OCC=CCN1C(=O)NC(CC)(c2ccc3c(c2)OCCO3)C1=O. The Bertz CT molecular complexity index is 1430. The summed E-state index contributed by atoms with van der Waals surface area (Å²) in [6.07, 6.45) is -7.81. The number of aliphatic hydroxyl groups is 1. The minimum atomic E-state index is -6.01. The minimum Gasteiger partial charge on any atom is -0.489 e. The Morgan fingerprint density at radius 2 is 1.50 bits per heavy atom. The molecule has 252 valence electrons. The van der Waals surface area contributed by atoms with Crippen molar-refractivity contribution < 1.29 is 55.2 Å². The number of benzene rings is 2. The Hall–Kier alpha value is -3.94. The highest BCUT2D eigenvalue weighted by atomic mass is 19.4. The van der Waals surface area contributed by atoms with Gasteiger partial charge in [0.2, 0.25) is 0 Å². The molecule has 1 unspecified atom stereocenters. The Kier molecular flexibility index (Phi) is 10.2. The molecule has 14 heteroatoms. The van der Waals surface area contributed by atoms with Gasteiger partial charge in [0, 0.05) is 12.1 Å². The van der Waals surface area contributed by atoms with Gasteiger partial charge in [-0.25, -0.2) is 4.79 Å². The van der Waals surface area contributed by atoms with Crippen LogP contribution in [0.25, 0.3) is 0 Å². The fourth-order valence-electron chi connectivity index (χ4n) is 5.67. The number of hydrogen-bond donors (Lipinski definition) is 2. The largest absolute Gasteiger partial charge is 0.489 e. The van der Waals surface area contributed by atoms with Crippen LogP contribution in [0.3, 0.4) is 0 Å². The van der Waals surface area contributed by atoms with Crippen LogP contribution in [0.5, 0.6) is 17.2 Å². The third kappa shape index (κ3) is 6.36. The van der Waals surface area contributed by atoms with Crippen LogP contribution < -0.4 is 19.5 Å². The van der Waals surface area contributed by atoms with E-state index in [4.69, 9.17) is 14.2 Å². The molecule has 2 aromatic carbocycles. The normalized spacial score (nSPS) is 18.8. The summed E-state index contributed by atoms with van der Waals surface area (Å²) in [5.74, 6) is 0.652. The summed E-state index contributed by atoms with van der Waals surface area (Å²) < 4.78 is 98.9. The van der Waals surface area contributed by atoms with Gasteiger partial charge in [-0.3, -0.25) is 9.69 Å². The van der Waals surface area contributed by atoms with Gasteiger partial charge >= 0.3 is 18.4 Å². The zero-order chi connectivity index (χ0) is 33.9. The molecule has 2 heterocycles. The molecule has 0 bridgehead atoms. The summed E-state index contributed by atoms with van der Waals surface area (Å²) in [5, 5.41) is 12.8. The molecule has 2 aliphatic rings. The second-order valence-corrected chi connectivity index (χ2v) is 11.1. The number of halogens is 6. The number of ether oxygens (including phenoxy) is 3. The lowest BCUT2D eigenvalue weighted by atomic mass is 9.87. The van der Waals surface area contributed by atoms with E-state index in [1.54, 1.807) is 39.0 Å². The molecule has 1 fully saturated rings. The molecule has 0 aromatic heterocycles. The Labute approximate surface area is 262 Å². The van der Waals surface area contributed by atoms with Crippen LogP contribution >= 0.6 is 0 Å². The number of urea groups is 1. The highest BCUT2D eigenvalue weighted by Crippen LogP contribution is 2.51. The number of imide groups is 1. The molecule has 1 atom stereocenters. The smallest absolute Gasteiger partial charge is 0.430 e. The molecule has 46 heavy (non-hydrogen) atoms. The van der Waals surface area contributed by atoms with Crippen LogP contribution in [0.2, 0.25) is 0 Å². The number of carbonyl (C=O) groups is 2. The van der Waals surface area contributed by atoms with E-state index < -0.39 is 41.0 Å². The molecule has 0 spiro atoms. The monoisotopic (exact) mass is 658 g/mol. The van der Waals surface area contributed by atoms with Gasteiger partial charge in [-0.1, -0.05) is 45.8 Å². The first-order valence-corrected chi connectivity index (χ1v) is 15.0. The van der Waals surface area contributed by atoms with Crippen molar-refractivity contribution in [3.8, 4) is 17.2 Å². The average Bonchev–Trinajstić information content (AvgIpc) is 3.25. The van der Waals surface area contributed by atoms with Crippen LogP contribution in [0.15, 0.2) is 42.5 Å². The zero-order valence-electron chi connectivity index (χ0n) is 25.6. The van der Waals surface area contributed by atoms with E-state index in [2.05, 4.69) is 5.32 Å². The molecule has 2 aromatic rings. The third-order valence-electron chi connectivity index (χ3n) is 8.04. The van der Waals surface area contributed by atoms with Crippen molar-refractivity contribution in [1.29, 1.82) is 0 Å². The van der Waals surface area contributed by atoms with Crippen molar-refractivity contribution in [3.63, 3.8) is 0 Å². The number of aryl methyl sites for hydroxylation is 2. The predicted molar refractivity (Wildman–Crippen MR) is 155 cm³/mol. The Morgan fingerprint density at radius 1 is 0.913 bits per heavy atom. The fraction of sp³-hybridized carbons (Fsp3) is 0.500. The van der Waals surface area contributed by atoms with Crippen LogP contribution in [-0.4, -0.2) is 60.7 Å². The maximum Gasteiger partial charge on any atom is 0.430 e. The highest BCUT2D eigenvalue weighted by Gasteiger charge is 2.71. The van der Waals surface area contributed by atoms with E-state index in [0.717, 1.165) is 4.90 Å². The van der Waals surface area contributed by atoms with Crippen molar-refractivity contribution in [2.24, 2.45) is 0 Å². The molecule has 8 nitrogen and oxygen atoms in total. The molecule has 0 aliphatic carbocycles. The maximum atomic E-state index is 13.6. The first-order chi connectivity index (χ1) is 21.6. The molecular formula is C32H36F6N2O6. The maximum absolute atomic E-state index is 13.6. The summed E-state index contributed by atoms with van der Waals surface area (Å²) in [6.45, 7) is 5.65. The van der Waals surface area contributed by atoms with Crippen LogP contribution in [0.4, 0.5) is 31.1 Å². The van der Waals surface area contributed by atoms with Gasteiger partial charge in [-0.2, -0.15) is 26.3 Å². The average molecular weight is 659 g/mol. The quantitative estimate of drug-likeness (QED) is 0.154. The van der Waals surface area contributed by atoms with Gasteiger partial charge in [0.25, 0.3) is 11.5 Å². The Morgan fingerprint density at radius 3 is 2.04 bits per heavy atom. The predicted octanol–water partition coefficient (Wildman–Crippen LogP) is 6.47. The van der Waals surface area contributed by atoms with Crippen molar-refractivity contribution in [1.82, 2.24) is 10.2 Å². The van der Waals surface area contributed by atoms with E-state index in [-0.39, 0.29) is 49.3 Å². The number of fused-ring (bicyclic) bond motifs is 1. The summed E-state index contributed by atoms with van der Waals surface area (Å²) in [5.41, 5.74) is -6.99. The lowest BCUT2D eigenvalue weighted by Crippen LogP contribution is -2.54. The lowest BCUT2D eigenvalue weighted by Gasteiger charge is -2.33. The van der Waals surface area contributed by atoms with Crippen LogP contribution in [0.1, 0.15) is 62.3 Å². The van der Waals surface area contributed by atoms with Crippen LogP contribution in [0, 0.1) is 0 Å². The standard InChI is InChI=1S/C32H36F6N2O6/c1-4-9-20-17-23(30(43,31(33,34)35)32(36,37)38)18-21(10-5-2)26(20)46-14-8-7-13-40-27(41)29(6-3,39-28(40)42)22-11-12-24-25(19-22)45-16-15-44-24/h7-8,11-12,17-19,43H,4-6,9-10,13-16H2,1-3H3,(H,39,42). The molecule has 2 aliphatic heterocycles. The number of nitrogens with zero attached hydrogens (tertiary/aromatic N) is 1. The molecular weight excluding hydrogens is 622 g/mol. The Balaban J connectivity index is 1.53. The number of nitrogens with one attached hydrogen (secondary N) is 1. The van der Waals surface area contributed by atoms with Crippen molar-refractivity contribution in [2.45, 2.75) is 76.4 Å². The van der Waals surface area contributed by atoms with Gasteiger partial charge < -0.3 is 24.6 Å². The summed E-state index contributed by atoms with van der Waals surface area (Å²) in [4.78, 5) is 27.5. The summed E-state index contributed by atoms with van der Waals surface area (Å²) >= 11 is 0. The molecule has 2 N–H and O–H groups in total.